The maximum atomic E-state index is 13.4. The highest BCUT2D eigenvalue weighted by molar-refractivity contribution is 7.93. The first-order valence-corrected chi connectivity index (χ1v) is 13.8. The summed E-state index contributed by atoms with van der Waals surface area (Å²) in [6.45, 7) is 1.09. The van der Waals surface area contributed by atoms with E-state index in [1.54, 1.807) is 18.2 Å². The molecule has 0 saturated heterocycles. The number of rotatable bonds is 7. The highest BCUT2D eigenvalue weighted by Gasteiger charge is 2.42. The van der Waals surface area contributed by atoms with Gasteiger partial charge in [-0.25, -0.2) is 18.2 Å². The number of alkyl halides is 6. The third-order valence-corrected chi connectivity index (χ3v) is 8.53. The predicted molar refractivity (Wildman–Crippen MR) is 139 cm³/mol. The second kappa shape index (κ2) is 10.6. The van der Waals surface area contributed by atoms with E-state index in [0.717, 1.165) is 4.31 Å². The Balaban J connectivity index is 1.35. The van der Waals surface area contributed by atoms with E-state index in [9.17, 15) is 44.7 Å². The van der Waals surface area contributed by atoms with Gasteiger partial charge in [0.05, 0.1) is 21.7 Å². The summed E-state index contributed by atoms with van der Waals surface area (Å²) in [5, 5.41) is 9.64. The number of hydrogen-bond acceptors (Lipinski definition) is 6. The summed E-state index contributed by atoms with van der Waals surface area (Å²) in [6, 6.07) is 11.2. The van der Waals surface area contributed by atoms with Crippen LogP contribution in [-0.4, -0.2) is 30.5 Å². The van der Waals surface area contributed by atoms with Crippen LogP contribution in [0.25, 0.3) is 11.5 Å². The van der Waals surface area contributed by atoms with E-state index >= 15 is 0 Å². The summed E-state index contributed by atoms with van der Waals surface area (Å²) in [4.78, 5) is 15.6. The summed E-state index contributed by atoms with van der Waals surface area (Å²) in [7, 11) is -4.28. The van der Waals surface area contributed by atoms with Crippen LogP contribution < -0.4 is 9.04 Å². The van der Waals surface area contributed by atoms with Gasteiger partial charge in [-0.15, -0.1) is 0 Å². The van der Waals surface area contributed by atoms with Gasteiger partial charge in [0.15, 0.2) is 0 Å². The maximum Gasteiger partial charge on any atom is 0.416 e. The molecular weight excluding hydrogens is 606 g/mol. The molecule has 226 valence electrons. The van der Waals surface area contributed by atoms with Crippen LogP contribution in [0.15, 0.2) is 76.0 Å². The van der Waals surface area contributed by atoms with E-state index in [1.807, 2.05) is 0 Å². The van der Waals surface area contributed by atoms with Crippen LogP contribution in [0.2, 0.25) is 0 Å². The zero-order valence-corrected chi connectivity index (χ0v) is 22.7. The molecule has 1 aliphatic rings. The summed E-state index contributed by atoms with van der Waals surface area (Å²) in [6.07, 6.45) is -10.1. The highest BCUT2D eigenvalue weighted by Crippen LogP contribution is 2.39. The van der Waals surface area contributed by atoms with Crippen molar-refractivity contribution in [3.05, 3.63) is 94.9 Å². The van der Waals surface area contributed by atoms with Crippen LogP contribution in [0, 0.1) is 6.92 Å². The number of ether oxygens (including phenoxy) is 1. The molecule has 0 saturated carbocycles. The molecule has 0 amide bonds. The van der Waals surface area contributed by atoms with E-state index in [0.29, 0.717) is 17.7 Å². The minimum atomic E-state index is -5.05. The van der Waals surface area contributed by atoms with Crippen molar-refractivity contribution in [3.8, 4) is 17.2 Å². The fourth-order valence-corrected chi connectivity index (χ4v) is 6.22. The van der Waals surface area contributed by atoms with E-state index in [4.69, 9.17) is 9.15 Å². The number of hydrogen-bond donors (Lipinski definition) is 1. The summed E-state index contributed by atoms with van der Waals surface area (Å²) in [5.74, 6) is -1.56. The second-order valence-electron chi connectivity index (χ2n) is 9.56. The number of anilines is 1. The van der Waals surface area contributed by atoms with E-state index in [2.05, 4.69) is 4.98 Å². The normalized spacial score (nSPS) is 15.4. The number of carboxylic acid groups (broad SMARTS) is 1. The number of carboxylic acids is 1. The topological polar surface area (TPSA) is 110 Å². The van der Waals surface area contributed by atoms with Gasteiger partial charge in [-0.3, -0.25) is 4.31 Å². The fraction of sp³-hybridized carbons (Fsp3) is 0.214. The lowest BCUT2D eigenvalue weighted by molar-refractivity contribution is -0.143. The molecule has 5 rings (SSSR count). The van der Waals surface area contributed by atoms with Gasteiger partial charge in [0.2, 0.25) is 5.89 Å². The van der Waals surface area contributed by atoms with Crippen molar-refractivity contribution in [1.29, 1.82) is 0 Å². The highest BCUT2D eigenvalue weighted by atomic mass is 32.2. The van der Waals surface area contributed by atoms with Gasteiger partial charge >= 0.3 is 18.3 Å². The van der Waals surface area contributed by atoms with Gasteiger partial charge in [-0.2, -0.15) is 26.3 Å². The molecule has 3 aromatic carbocycles. The van der Waals surface area contributed by atoms with Gasteiger partial charge in [-0.05, 0) is 61.0 Å². The van der Waals surface area contributed by atoms with Crippen LogP contribution in [0.1, 0.15) is 28.1 Å². The monoisotopic (exact) mass is 626 g/mol. The number of aryl methyl sites for hydroxylation is 1. The van der Waals surface area contributed by atoms with E-state index in [-0.39, 0.29) is 46.9 Å². The average molecular weight is 627 g/mol. The Labute approximate surface area is 240 Å². The van der Waals surface area contributed by atoms with E-state index in [1.165, 1.54) is 37.3 Å². The first-order chi connectivity index (χ1) is 20.1. The van der Waals surface area contributed by atoms with Crippen molar-refractivity contribution >= 4 is 21.7 Å². The number of para-hydroxylation sites is 1. The number of fused-ring (bicyclic) bond motifs is 1. The minimum absolute atomic E-state index is 0.00249. The molecule has 0 fully saturated rings. The molecule has 1 N–H and O–H groups in total. The molecule has 4 aromatic rings. The molecule has 0 spiro atoms. The lowest BCUT2D eigenvalue weighted by atomic mass is 10.0. The summed E-state index contributed by atoms with van der Waals surface area (Å²) < 4.78 is 118. The number of carbonyl (C=O) groups is 1. The SMILES string of the molecule is Cc1oc(-c2cc(C(F)(F)F)cc(C(F)(F)F)c2)nc1COc1ccc(S(=O)(=O)N2c3ccccc3CC2C(=O)O)cc1. The van der Waals surface area contributed by atoms with Crippen LogP contribution >= 0.6 is 0 Å². The number of nitrogens with zero attached hydrogens (tertiary/aromatic N) is 2. The molecule has 43 heavy (non-hydrogen) atoms. The molecular formula is C28H20F6N2O6S. The largest absolute Gasteiger partial charge is 0.487 e. The Morgan fingerprint density at radius 2 is 1.60 bits per heavy atom. The minimum Gasteiger partial charge on any atom is -0.487 e. The Hall–Kier alpha value is -4.53. The zero-order chi connectivity index (χ0) is 31.3. The van der Waals surface area contributed by atoms with Crippen LogP contribution in [-0.2, 0) is 40.2 Å². The van der Waals surface area contributed by atoms with Gasteiger partial charge < -0.3 is 14.3 Å². The predicted octanol–water partition coefficient (Wildman–Crippen LogP) is 6.47. The van der Waals surface area contributed by atoms with Crippen molar-refractivity contribution in [2.24, 2.45) is 0 Å². The first-order valence-electron chi connectivity index (χ1n) is 12.4. The number of oxazole rings is 1. The average Bonchev–Trinajstić information content (AvgIpc) is 3.52. The standard InChI is InChI=1S/C28H20F6N2O6S/c1-15-22(35-25(42-15)17-10-18(27(29,30)31)13-19(11-17)28(32,33)34)14-41-20-6-8-21(9-7-20)43(39,40)36-23-5-3-2-4-16(23)12-24(36)26(37)38/h2-11,13,24H,12,14H2,1H3,(H,37,38). The lowest BCUT2D eigenvalue weighted by Crippen LogP contribution is -2.42. The molecule has 15 heteroatoms. The third kappa shape index (κ3) is 5.89. The Morgan fingerprint density at radius 1 is 1.00 bits per heavy atom. The Morgan fingerprint density at radius 3 is 2.19 bits per heavy atom. The Bertz CT molecular complexity index is 1770. The van der Waals surface area contributed by atoms with Crippen molar-refractivity contribution < 1.29 is 53.8 Å². The van der Waals surface area contributed by atoms with Crippen molar-refractivity contribution in [2.75, 3.05) is 4.31 Å². The van der Waals surface area contributed by atoms with Gasteiger partial charge in [0.25, 0.3) is 10.0 Å². The maximum absolute atomic E-state index is 13.4. The number of aliphatic carboxylic acids is 1. The molecule has 1 aromatic heterocycles. The molecule has 1 unspecified atom stereocenters. The number of aromatic nitrogens is 1. The molecule has 0 bridgehead atoms. The van der Waals surface area contributed by atoms with Gasteiger partial charge in [0, 0.05) is 12.0 Å². The van der Waals surface area contributed by atoms with Crippen LogP contribution in [0.3, 0.4) is 0 Å². The molecule has 8 nitrogen and oxygen atoms in total. The number of benzene rings is 3. The van der Waals surface area contributed by atoms with E-state index < -0.39 is 57.0 Å². The van der Waals surface area contributed by atoms with Crippen molar-refractivity contribution in [1.82, 2.24) is 4.98 Å². The Kier molecular flexibility index (Phi) is 7.40. The number of sulfonamides is 1. The molecule has 1 aliphatic heterocycles. The third-order valence-electron chi connectivity index (χ3n) is 6.69. The quantitative estimate of drug-likeness (QED) is 0.234. The molecule has 2 heterocycles. The van der Waals surface area contributed by atoms with Crippen LogP contribution in [0.5, 0.6) is 5.75 Å². The second-order valence-corrected chi connectivity index (χ2v) is 11.4. The number of halogens is 6. The fourth-order valence-electron chi connectivity index (χ4n) is 4.58. The zero-order valence-electron chi connectivity index (χ0n) is 21.9. The van der Waals surface area contributed by atoms with Gasteiger partial charge in [-0.1, -0.05) is 18.2 Å². The van der Waals surface area contributed by atoms with Crippen LogP contribution in [0.4, 0.5) is 32.0 Å². The lowest BCUT2D eigenvalue weighted by Gasteiger charge is -2.24. The van der Waals surface area contributed by atoms with Crippen molar-refractivity contribution in [2.45, 2.75) is 43.2 Å². The van der Waals surface area contributed by atoms with Crippen molar-refractivity contribution in [3.63, 3.8) is 0 Å². The van der Waals surface area contributed by atoms with Gasteiger partial charge in [0.1, 0.15) is 29.9 Å². The summed E-state index contributed by atoms with van der Waals surface area (Å²) in [5.41, 5.74) is -2.66. The molecule has 1 atom stereocenters. The smallest absolute Gasteiger partial charge is 0.416 e. The summed E-state index contributed by atoms with van der Waals surface area (Å²) >= 11 is 0. The first kappa shape index (κ1) is 29.9. The molecule has 0 aliphatic carbocycles. The molecule has 0 radical (unpaired) electrons.